The van der Waals surface area contributed by atoms with E-state index in [1.54, 1.807) is 17.9 Å². The lowest BCUT2D eigenvalue weighted by molar-refractivity contribution is -0.160. The van der Waals surface area contributed by atoms with E-state index in [9.17, 15) is 22.8 Å². The Balaban J connectivity index is 2.00. The van der Waals surface area contributed by atoms with Crippen LogP contribution in [0.25, 0.3) is 0 Å². The Bertz CT molecular complexity index is 582. The van der Waals surface area contributed by atoms with E-state index in [0.29, 0.717) is 18.8 Å². The summed E-state index contributed by atoms with van der Waals surface area (Å²) in [5.74, 6) is -1.62. The second kappa shape index (κ2) is 6.89. The van der Waals surface area contributed by atoms with Crippen molar-refractivity contribution >= 4 is 17.6 Å². The third kappa shape index (κ3) is 4.14. The first-order valence-corrected chi connectivity index (χ1v) is 7.21. The number of nitrogens with zero attached hydrogens (tertiary/aromatic N) is 2. The highest BCUT2D eigenvalue weighted by Crippen LogP contribution is 2.31. The number of rotatable bonds is 2. The molecule has 0 atom stereocenters. The smallest absolute Gasteiger partial charge is 0.416 e. The lowest BCUT2D eigenvalue weighted by Crippen LogP contribution is -2.51. The van der Waals surface area contributed by atoms with Crippen LogP contribution in [0.4, 0.5) is 18.9 Å². The van der Waals surface area contributed by atoms with Gasteiger partial charge in [-0.1, -0.05) is 6.07 Å². The molecule has 1 heterocycles. The Morgan fingerprint density at radius 3 is 2.39 bits per heavy atom. The number of esters is 1. The minimum absolute atomic E-state index is 0.120. The molecule has 0 aliphatic carbocycles. The molecule has 1 amide bonds. The summed E-state index contributed by atoms with van der Waals surface area (Å²) < 4.78 is 42.9. The van der Waals surface area contributed by atoms with Gasteiger partial charge < -0.3 is 14.5 Å². The monoisotopic (exact) mass is 330 g/mol. The lowest BCUT2D eigenvalue weighted by Gasteiger charge is -2.35. The Kier molecular flexibility index (Phi) is 5.12. The summed E-state index contributed by atoms with van der Waals surface area (Å²) in [6.45, 7) is 2.95. The highest BCUT2D eigenvalue weighted by Gasteiger charge is 2.32. The maximum Gasteiger partial charge on any atom is 0.416 e. The second-order valence-corrected chi connectivity index (χ2v) is 5.05. The zero-order valence-corrected chi connectivity index (χ0v) is 12.6. The predicted molar refractivity (Wildman–Crippen MR) is 76.9 cm³/mol. The second-order valence-electron chi connectivity index (χ2n) is 5.05. The van der Waals surface area contributed by atoms with Gasteiger partial charge in [0.2, 0.25) is 0 Å². The zero-order valence-electron chi connectivity index (χ0n) is 12.6. The van der Waals surface area contributed by atoms with Crippen LogP contribution in [0.1, 0.15) is 12.5 Å². The van der Waals surface area contributed by atoms with E-state index >= 15 is 0 Å². The molecule has 2 rings (SSSR count). The average Bonchev–Trinajstić information content (AvgIpc) is 2.54. The molecule has 5 nitrogen and oxygen atoms in total. The van der Waals surface area contributed by atoms with Crippen molar-refractivity contribution < 1.29 is 27.5 Å². The van der Waals surface area contributed by atoms with Crippen molar-refractivity contribution in [1.29, 1.82) is 0 Å². The maximum absolute atomic E-state index is 12.7. The van der Waals surface area contributed by atoms with Crippen LogP contribution in [-0.2, 0) is 20.5 Å². The van der Waals surface area contributed by atoms with Gasteiger partial charge in [0, 0.05) is 31.9 Å². The highest BCUT2D eigenvalue weighted by molar-refractivity contribution is 6.32. The van der Waals surface area contributed by atoms with Crippen molar-refractivity contribution in [2.75, 3.05) is 37.7 Å². The van der Waals surface area contributed by atoms with E-state index in [1.165, 1.54) is 11.0 Å². The van der Waals surface area contributed by atoms with E-state index in [2.05, 4.69) is 4.74 Å². The molecule has 1 aromatic rings. The Labute approximate surface area is 131 Å². The molecule has 0 N–H and O–H groups in total. The van der Waals surface area contributed by atoms with Gasteiger partial charge in [0.25, 0.3) is 0 Å². The summed E-state index contributed by atoms with van der Waals surface area (Å²) in [5, 5.41) is 0. The van der Waals surface area contributed by atoms with Crippen LogP contribution in [0.5, 0.6) is 0 Å². The SMILES string of the molecule is CCOC(=O)C(=O)N1CCN(c2cccc(C(F)(F)F)c2)CC1. The first-order valence-electron chi connectivity index (χ1n) is 7.21. The van der Waals surface area contributed by atoms with Crippen molar-refractivity contribution in [3.05, 3.63) is 29.8 Å². The molecule has 1 aliphatic rings. The summed E-state index contributed by atoms with van der Waals surface area (Å²) >= 11 is 0. The lowest BCUT2D eigenvalue weighted by atomic mass is 10.1. The number of anilines is 1. The van der Waals surface area contributed by atoms with Crippen LogP contribution in [-0.4, -0.2) is 49.6 Å². The van der Waals surface area contributed by atoms with Gasteiger partial charge in [-0.3, -0.25) is 4.79 Å². The summed E-state index contributed by atoms with van der Waals surface area (Å²) in [5.41, 5.74) is -0.261. The normalized spacial score (nSPS) is 15.5. The molecule has 1 saturated heterocycles. The van der Waals surface area contributed by atoms with Crippen molar-refractivity contribution in [1.82, 2.24) is 4.90 Å². The Hall–Kier alpha value is -2.25. The number of amides is 1. The molecule has 0 aromatic heterocycles. The number of hydrogen-bond donors (Lipinski definition) is 0. The number of halogens is 3. The van der Waals surface area contributed by atoms with E-state index in [1.807, 2.05) is 0 Å². The summed E-state index contributed by atoms with van der Waals surface area (Å²) in [7, 11) is 0. The van der Waals surface area contributed by atoms with Crippen molar-refractivity contribution in [2.45, 2.75) is 13.1 Å². The van der Waals surface area contributed by atoms with Crippen LogP contribution in [0.3, 0.4) is 0 Å². The van der Waals surface area contributed by atoms with Gasteiger partial charge in [0.05, 0.1) is 12.2 Å². The van der Waals surface area contributed by atoms with E-state index < -0.39 is 23.6 Å². The summed E-state index contributed by atoms with van der Waals surface area (Å²) in [6.07, 6.45) is -4.39. The van der Waals surface area contributed by atoms with Gasteiger partial charge in [0.15, 0.2) is 0 Å². The number of benzene rings is 1. The number of alkyl halides is 3. The number of piperazine rings is 1. The average molecular weight is 330 g/mol. The fraction of sp³-hybridized carbons (Fsp3) is 0.467. The first kappa shape index (κ1) is 17.1. The maximum atomic E-state index is 12.7. The molecule has 0 bridgehead atoms. The van der Waals surface area contributed by atoms with Crippen LogP contribution in [0.2, 0.25) is 0 Å². The van der Waals surface area contributed by atoms with Crippen LogP contribution in [0, 0.1) is 0 Å². The van der Waals surface area contributed by atoms with Crippen molar-refractivity contribution in [2.24, 2.45) is 0 Å². The van der Waals surface area contributed by atoms with Gasteiger partial charge in [-0.25, -0.2) is 4.79 Å². The zero-order chi connectivity index (χ0) is 17.0. The van der Waals surface area contributed by atoms with Crippen LogP contribution >= 0.6 is 0 Å². The third-order valence-electron chi connectivity index (χ3n) is 3.56. The minimum Gasteiger partial charge on any atom is -0.459 e. The number of hydrogen-bond acceptors (Lipinski definition) is 4. The van der Waals surface area contributed by atoms with Gasteiger partial charge in [-0.05, 0) is 25.1 Å². The van der Waals surface area contributed by atoms with Crippen molar-refractivity contribution in [3.63, 3.8) is 0 Å². The predicted octanol–water partition coefficient (Wildman–Crippen LogP) is 1.92. The number of carbonyl (C=O) groups is 2. The third-order valence-corrected chi connectivity index (χ3v) is 3.56. The minimum atomic E-state index is -4.39. The molecular weight excluding hydrogens is 313 g/mol. The fourth-order valence-corrected chi connectivity index (χ4v) is 2.37. The topological polar surface area (TPSA) is 49.9 Å². The molecular formula is C15H17F3N2O3. The molecule has 1 aliphatic heterocycles. The summed E-state index contributed by atoms with van der Waals surface area (Å²) in [4.78, 5) is 26.3. The highest BCUT2D eigenvalue weighted by atomic mass is 19.4. The Morgan fingerprint density at radius 2 is 1.83 bits per heavy atom. The van der Waals surface area contributed by atoms with E-state index in [0.717, 1.165) is 12.1 Å². The van der Waals surface area contributed by atoms with Crippen LogP contribution in [0.15, 0.2) is 24.3 Å². The molecule has 1 aromatic carbocycles. The molecule has 126 valence electrons. The Morgan fingerprint density at radius 1 is 1.17 bits per heavy atom. The van der Waals surface area contributed by atoms with E-state index in [-0.39, 0.29) is 19.7 Å². The van der Waals surface area contributed by atoms with Crippen LogP contribution < -0.4 is 4.90 Å². The van der Waals surface area contributed by atoms with Gasteiger partial charge >= 0.3 is 18.1 Å². The van der Waals surface area contributed by atoms with E-state index in [4.69, 9.17) is 0 Å². The first-order chi connectivity index (χ1) is 10.8. The molecule has 0 radical (unpaired) electrons. The number of carbonyl (C=O) groups excluding carboxylic acids is 2. The molecule has 0 saturated carbocycles. The van der Waals surface area contributed by atoms with Gasteiger partial charge in [-0.2, -0.15) is 13.2 Å². The quantitative estimate of drug-likeness (QED) is 0.614. The molecule has 23 heavy (non-hydrogen) atoms. The number of ether oxygens (including phenoxy) is 1. The largest absolute Gasteiger partial charge is 0.459 e. The van der Waals surface area contributed by atoms with Crippen molar-refractivity contribution in [3.8, 4) is 0 Å². The molecule has 8 heteroatoms. The fourth-order valence-electron chi connectivity index (χ4n) is 2.37. The summed E-state index contributed by atoms with van der Waals surface area (Å²) in [6, 6.07) is 5.05. The molecule has 0 unspecified atom stereocenters. The molecule has 1 fully saturated rings. The van der Waals surface area contributed by atoms with Gasteiger partial charge in [0.1, 0.15) is 0 Å². The standard InChI is InChI=1S/C15H17F3N2O3/c1-2-23-14(22)13(21)20-8-6-19(7-9-20)12-5-3-4-11(10-12)15(16,17)18/h3-5,10H,2,6-9H2,1H3. The van der Waals surface area contributed by atoms with Gasteiger partial charge in [-0.15, -0.1) is 0 Å². The molecule has 0 spiro atoms.